The van der Waals surface area contributed by atoms with Gasteiger partial charge in [-0.2, -0.15) is 8.42 Å². The number of likely N-dealkylation sites (N-methyl/N-ethyl adjacent to an activating group) is 1. The zero-order chi connectivity index (χ0) is 27.3. The molecule has 38 heavy (non-hydrogen) atoms. The normalized spacial score (nSPS) is 17.0. The van der Waals surface area contributed by atoms with Crippen molar-refractivity contribution in [3.05, 3.63) is 53.1 Å². The van der Waals surface area contributed by atoms with Gasteiger partial charge in [-0.1, -0.05) is 19.1 Å². The van der Waals surface area contributed by atoms with Gasteiger partial charge in [-0.3, -0.25) is 8.98 Å². The van der Waals surface area contributed by atoms with Gasteiger partial charge in [0.15, 0.2) is 11.5 Å². The van der Waals surface area contributed by atoms with Crippen LogP contribution < -0.4 is 14.4 Å². The molecule has 208 valence electrons. The molecule has 1 amide bonds. The van der Waals surface area contributed by atoms with E-state index in [1.165, 1.54) is 0 Å². The van der Waals surface area contributed by atoms with E-state index in [1.54, 1.807) is 14.2 Å². The van der Waals surface area contributed by atoms with Crippen molar-refractivity contribution < 1.29 is 26.9 Å². The molecule has 10 heteroatoms. The van der Waals surface area contributed by atoms with Gasteiger partial charge in [0.1, 0.15) is 0 Å². The van der Waals surface area contributed by atoms with Crippen molar-refractivity contribution in [1.82, 2.24) is 9.80 Å². The summed E-state index contributed by atoms with van der Waals surface area (Å²) in [5, 5.41) is 0. The first-order valence-corrected chi connectivity index (χ1v) is 15.0. The van der Waals surface area contributed by atoms with Gasteiger partial charge < -0.3 is 24.2 Å². The number of rotatable bonds is 12. The number of piperazine rings is 1. The molecular weight excluding hydrogens is 506 g/mol. The lowest BCUT2D eigenvalue weighted by molar-refractivity contribution is 0.0687. The Morgan fingerprint density at radius 3 is 2.37 bits per heavy atom. The smallest absolute Gasteiger partial charge is 0.264 e. The first kappa shape index (κ1) is 28.2. The summed E-state index contributed by atoms with van der Waals surface area (Å²) < 4.78 is 38.6. The Hall–Kier alpha value is -2.82. The minimum absolute atomic E-state index is 0.0150. The highest BCUT2D eigenvalue weighted by molar-refractivity contribution is 7.85. The summed E-state index contributed by atoms with van der Waals surface area (Å²) in [4.78, 5) is 20.6. The van der Waals surface area contributed by atoms with Crippen LogP contribution in [0.3, 0.4) is 0 Å². The van der Waals surface area contributed by atoms with E-state index >= 15 is 0 Å². The average molecular weight is 546 g/mol. The van der Waals surface area contributed by atoms with Crippen LogP contribution in [-0.2, 0) is 20.8 Å². The molecule has 0 bridgehead atoms. The number of amides is 1. The van der Waals surface area contributed by atoms with E-state index in [1.807, 2.05) is 35.2 Å². The van der Waals surface area contributed by atoms with E-state index in [-0.39, 0.29) is 18.6 Å². The predicted molar refractivity (Wildman–Crippen MR) is 148 cm³/mol. The minimum atomic E-state index is -3.48. The summed E-state index contributed by atoms with van der Waals surface area (Å²) in [6.45, 7) is 7.80. The molecule has 0 aromatic heterocycles. The van der Waals surface area contributed by atoms with E-state index in [0.717, 1.165) is 61.4 Å². The van der Waals surface area contributed by atoms with Crippen LogP contribution in [0.1, 0.15) is 53.7 Å². The minimum Gasteiger partial charge on any atom is -0.493 e. The molecule has 0 aliphatic carbocycles. The Morgan fingerprint density at radius 2 is 1.71 bits per heavy atom. The Balaban J connectivity index is 1.59. The second-order valence-electron chi connectivity index (χ2n) is 9.81. The van der Waals surface area contributed by atoms with Gasteiger partial charge in [-0.15, -0.1) is 0 Å². The highest BCUT2D eigenvalue weighted by atomic mass is 32.2. The fourth-order valence-electron chi connectivity index (χ4n) is 5.40. The Bertz CT molecular complexity index is 1230. The maximum Gasteiger partial charge on any atom is 0.264 e. The largest absolute Gasteiger partial charge is 0.493 e. The third-order valence-electron chi connectivity index (χ3n) is 7.47. The summed E-state index contributed by atoms with van der Waals surface area (Å²) in [5.74, 6) is 1.25. The quantitative estimate of drug-likeness (QED) is 0.295. The molecule has 1 fully saturated rings. The van der Waals surface area contributed by atoms with E-state index < -0.39 is 10.1 Å². The van der Waals surface area contributed by atoms with Crippen LogP contribution in [0.4, 0.5) is 5.69 Å². The van der Waals surface area contributed by atoms with Gasteiger partial charge in [-0.25, -0.2) is 0 Å². The number of methoxy groups -OCH3 is 2. The Morgan fingerprint density at radius 1 is 0.974 bits per heavy atom. The number of fused-ring (bicyclic) bond motifs is 1. The maximum atomic E-state index is 13.8. The van der Waals surface area contributed by atoms with Crippen molar-refractivity contribution in [3.63, 3.8) is 0 Å². The fraction of sp³-hybridized carbons (Fsp3) is 0.536. The lowest BCUT2D eigenvalue weighted by Gasteiger charge is -2.36. The van der Waals surface area contributed by atoms with Crippen LogP contribution in [0.2, 0.25) is 0 Å². The van der Waals surface area contributed by atoms with Crippen LogP contribution >= 0.6 is 0 Å². The fourth-order valence-corrected chi connectivity index (χ4v) is 5.82. The maximum absolute atomic E-state index is 13.8. The number of benzene rings is 2. The van der Waals surface area contributed by atoms with Crippen molar-refractivity contribution in [1.29, 1.82) is 0 Å². The Labute approximate surface area is 226 Å². The standard InChI is InChI=1S/C28H39N3O6S/c1-5-29-14-16-30(17-15-29)25-11-8-9-22-23(25)20-31(28(22)32)24(10-6-7-18-37-38(4,33)34)21-12-13-26(35-2)27(19-21)36-3/h8-9,11-13,19,24H,5-7,10,14-18,20H2,1-4H3. The molecule has 2 aromatic rings. The summed E-state index contributed by atoms with van der Waals surface area (Å²) in [6, 6.07) is 11.6. The average Bonchev–Trinajstić information content (AvgIpc) is 3.25. The van der Waals surface area contributed by atoms with Crippen molar-refractivity contribution >= 4 is 21.7 Å². The zero-order valence-corrected chi connectivity index (χ0v) is 23.6. The first-order valence-electron chi connectivity index (χ1n) is 13.2. The second kappa shape index (κ2) is 12.4. The van der Waals surface area contributed by atoms with Crippen LogP contribution in [-0.4, -0.2) is 83.9 Å². The second-order valence-corrected chi connectivity index (χ2v) is 11.5. The van der Waals surface area contributed by atoms with Crippen LogP contribution in [0.5, 0.6) is 11.5 Å². The number of hydrogen-bond donors (Lipinski definition) is 0. The molecule has 2 heterocycles. The van der Waals surface area contributed by atoms with Gasteiger partial charge in [0.25, 0.3) is 16.0 Å². The monoisotopic (exact) mass is 545 g/mol. The van der Waals surface area contributed by atoms with Gasteiger partial charge >= 0.3 is 0 Å². The van der Waals surface area contributed by atoms with Crippen molar-refractivity contribution in [3.8, 4) is 11.5 Å². The molecule has 9 nitrogen and oxygen atoms in total. The molecule has 2 aliphatic heterocycles. The molecule has 1 atom stereocenters. The van der Waals surface area contributed by atoms with Gasteiger partial charge in [0.2, 0.25) is 0 Å². The number of ether oxygens (including phenoxy) is 2. The van der Waals surface area contributed by atoms with E-state index in [9.17, 15) is 13.2 Å². The predicted octanol–water partition coefficient (Wildman–Crippen LogP) is 3.69. The number of unbranched alkanes of at least 4 members (excludes halogenated alkanes) is 1. The lowest BCUT2D eigenvalue weighted by Crippen LogP contribution is -2.46. The number of carbonyl (C=O) groups is 1. The van der Waals surface area contributed by atoms with Crippen LogP contribution in [0, 0.1) is 0 Å². The van der Waals surface area contributed by atoms with E-state index in [4.69, 9.17) is 13.7 Å². The number of carbonyl (C=O) groups excluding carboxylic acids is 1. The molecule has 0 radical (unpaired) electrons. The molecule has 1 saturated heterocycles. The van der Waals surface area contributed by atoms with E-state index in [0.29, 0.717) is 37.3 Å². The van der Waals surface area contributed by atoms with Crippen LogP contribution in [0.25, 0.3) is 0 Å². The molecule has 2 aliphatic rings. The summed E-state index contributed by atoms with van der Waals surface area (Å²) >= 11 is 0. The van der Waals surface area contributed by atoms with E-state index in [2.05, 4.69) is 22.8 Å². The summed E-state index contributed by atoms with van der Waals surface area (Å²) in [7, 11) is -0.284. The molecule has 0 N–H and O–H groups in total. The third kappa shape index (κ3) is 6.42. The molecule has 0 saturated carbocycles. The molecule has 4 rings (SSSR count). The lowest BCUT2D eigenvalue weighted by atomic mass is 9.98. The van der Waals surface area contributed by atoms with Crippen molar-refractivity contribution in [2.24, 2.45) is 0 Å². The molecule has 2 aromatic carbocycles. The van der Waals surface area contributed by atoms with Crippen molar-refractivity contribution in [2.45, 2.75) is 38.8 Å². The van der Waals surface area contributed by atoms with Crippen LogP contribution in [0.15, 0.2) is 36.4 Å². The topological polar surface area (TPSA) is 88.6 Å². The third-order valence-corrected chi connectivity index (χ3v) is 8.06. The number of nitrogens with zero attached hydrogens (tertiary/aromatic N) is 3. The highest BCUT2D eigenvalue weighted by Crippen LogP contribution is 2.40. The summed E-state index contributed by atoms with van der Waals surface area (Å²) in [5.41, 5.74) is 3.92. The molecule has 0 spiro atoms. The molecule has 1 unspecified atom stereocenters. The summed E-state index contributed by atoms with van der Waals surface area (Å²) in [6.07, 6.45) is 2.98. The molecular formula is C28H39N3O6S. The van der Waals surface area contributed by atoms with Gasteiger partial charge in [0.05, 0.1) is 33.1 Å². The zero-order valence-electron chi connectivity index (χ0n) is 22.8. The Kier molecular flexibility index (Phi) is 9.17. The highest BCUT2D eigenvalue weighted by Gasteiger charge is 2.36. The number of hydrogen-bond acceptors (Lipinski definition) is 8. The van der Waals surface area contributed by atoms with Gasteiger partial charge in [0, 0.05) is 49.5 Å². The first-order chi connectivity index (χ1) is 18.3. The van der Waals surface area contributed by atoms with Crippen molar-refractivity contribution in [2.75, 3.05) is 64.7 Å². The number of anilines is 1. The SMILES string of the molecule is CCN1CCN(c2cccc3c2CN(C(CCCCOS(C)(=O)=O)c2ccc(OC)c(OC)c2)C3=O)CC1. The van der Waals surface area contributed by atoms with Gasteiger partial charge in [-0.05, 0) is 55.6 Å².